The Bertz CT molecular complexity index is 494. The SMILES string of the molecule is C=C/C=c1/[nH]c(C)cc(=O)/c1=C/CC. The second-order valence-electron chi connectivity index (χ2n) is 3.16. The number of nitrogens with one attached hydrogen (secondary N) is 1. The zero-order valence-electron chi connectivity index (χ0n) is 8.63. The molecule has 0 fully saturated rings. The summed E-state index contributed by atoms with van der Waals surface area (Å²) in [6.07, 6.45) is 6.27. The molecule has 0 aliphatic heterocycles. The molecule has 0 aliphatic rings. The van der Waals surface area contributed by atoms with Crippen LogP contribution >= 0.6 is 0 Å². The molecule has 0 aliphatic carbocycles. The molecule has 0 spiro atoms. The molecule has 2 heteroatoms. The van der Waals surface area contributed by atoms with Crippen LogP contribution in [0.5, 0.6) is 0 Å². The first-order valence-electron chi connectivity index (χ1n) is 4.72. The van der Waals surface area contributed by atoms with E-state index in [-0.39, 0.29) is 5.43 Å². The first-order chi connectivity index (χ1) is 6.69. The quantitative estimate of drug-likeness (QED) is 0.734. The van der Waals surface area contributed by atoms with Gasteiger partial charge < -0.3 is 4.98 Å². The zero-order chi connectivity index (χ0) is 10.6. The maximum Gasteiger partial charge on any atom is 0.189 e. The molecular formula is C12H15NO. The Kier molecular flexibility index (Phi) is 3.46. The number of H-pyrrole nitrogens is 1. The Hall–Kier alpha value is -1.57. The fourth-order valence-electron chi connectivity index (χ4n) is 1.39. The lowest BCUT2D eigenvalue weighted by Crippen LogP contribution is -2.41. The predicted molar refractivity (Wildman–Crippen MR) is 60.5 cm³/mol. The van der Waals surface area contributed by atoms with Gasteiger partial charge in [-0.15, -0.1) is 0 Å². The van der Waals surface area contributed by atoms with Crippen LogP contribution in [0, 0.1) is 6.92 Å². The third-order valence-corrected chi connectivity index (χ3v) is 1.93. The summed E-state index contributed by atoms with van der Waals surface area (Å²) >= 11 is 0. The summed E-state index contributed by atoms with van der Waals surface area (Å²) in [6, 6.07) is 1.61. The van der Waals surface area contributed by atoms with E-state index in [4.69, 9.17) is 0 Å². The molecular weight excluding hydrogens is 174 g/mol. The van der Waals surface area contributed by atoms with Gasteiger partial charge in [-0.3, -0.25) is 4.79 Å². The average Bonchev–Trinajstić information content (AvgIpc) is 2.11. The highest BCUT2D eigenvalue weighted by Crippen LogP contribution is 1.78. The number of hydrogen-bond acceptors (Lipinski definition) is 1. The molecule has 1 N–H and O–H groups in total. The summed E-state index contributed by atoms with van der Waals surface area (Å²) in [4.78, 5) is 14.8. The lowest BCUT2D eigenvalue weighted by Gasteiger charge is -1.94. The lowest BCUT2D eigenvalue weighted by molar-refractivity contribution is 1.10. The summed E-state index contributed by atoms with van der Waals surface area (Å²) in [7, 11) is 0. The minimum atomic E-state index is 0.0659. The summed E-state index contributed by atoms with van der Waals surface area (Å²) in [5, 5.41) is 1.57. The Morgan fingerprint density at radius 3 is 2.86 bits per heavy atom. The largest absolute Gasteiger partial charge is 0.358 e. The third-order valence-electron chi connectivity index (χ3n) is 1.93. The fraction of sp³-hybridized carbons (Fsp3) is 0.250. The van der Waals surface area contributed by atoms with Crippen molar-refractivity contribution in [1.82, 2.24) is 4.98 Å². The van der Waals surface area contributed by atoms with E-state index in [1.807, 2.05) is 26.0 Å². The number of hydrogen-bond donors (Lipinski definition) is 1. The van der Waals surface area contributed by atoms with Gasteiger partial charge in [0, 0.05) is 22.3 Å². The molecule has 0 unspecified atom stereocenters. The Morgan fingerprint density at radius 2 is 2.29 bits per heavy atom. The van der Waals surface area contributed by atoms with E-state index in [0.717, 1.165) is 22.7 Å². The van der Waals surface area contributed by atoms with E-state index in [1.165, 1.54) is 0 Å². The number of aromatic amines is 1. The van der Waals surface area contributed by atoms with Crippen LogP contribution in [-0.2, 0) is 0 Å². The molecule has 0 amide bonds. The van der Waals surface area contributed by atoms with Crippen molar-refractivity contribution in [1.29, 1.82) is 0 Å². The van der Waals surface area contributed by atoms with Gasteiger partial charge in [0.1, 0.15) is 0 Å². The number of allylic oxidation sites excluding steroid dienone is 1. The number of pyridine rings is 1. The predicted octanol–water partition coefficient (Wildman–Crippen LogP) is 0.840. The molecule has 1 rings (SSSR count). The van der Waals surface area contributed by atoms with E-state index in [2.05, 4.69) is 11.6 Å². The highest BCUT2D eigenvalue weighted by atomic mass is 16.1. The molecule has 0 bridgehead atoms. The van der Waals surface area contributed by atoms with Crippen LogP contribution in [0.25, 0.3) is 12.2 Å². The molecule has 0 saturated heterocycles. The summed E-state index contributed by atoms with van der Waals surface area (Å²) < 4.78 is 0. The second-order valence-corrected chi connectivity index (χ2v) is 3.16. The maximum atomic E-state index is 11.6. The summed E-state index contributed by atoms with van der Waals surface area (Å²) in [5.41, 5.74) is 0.938. The minimum Gasteiger partial charge on any atom is -0.358 e. The monoisotopic (exact) mass is 189 g/mol. The standard InChI is InChI=1S/C12H15NO/c1-4-6-10-11(7-5-2)13-9(3)8-12(10)14/h5-8,13H,2,4H2,1,3H3/b10-6+,11-7+. The zero-order valence-corrected chi connectivity index (χ0v) is 8.63. The van der Waals surface area contributed by atoms with Crippen LogP contribution in [0.4, 0.5) is 0 Å². The fourth-order valence-corrected chi connectivity index (χ4v) is 1.39. The number of aromatic nitrogens is 1. The first-order valence-corrected chi connectivity index (χ1v) is 4.72. The third kappa shape index (κ3) is 2.22. The lowest BCUT2D eigenvalue weighted by atomic mass is 10.2. The number of rotatable bonds is 2. The molecule has 1 heterocycles. The van der Waals surface area contributed by atoms with Crippen molar-refractivity contribution < 1.29 is 0 Å². The van der Waals surface area contributed by atoms with Gasteiger partial charge in [-0.05, 0) is 19.4 Å². The minimum absolute atomic E-state index is 0.0659. The van der Waals surface area contributed by atoms with Gasteiger partial charge >= 0.3 is 0 Å². The highest BCUT2D eigenvalue weighted by Gasteiger charge is 1.92. The molecule has 0 aromatic carbocycles. The molecule has 0 saturated carbocycles. The van der Waals surface area contributed by atoms with Crippen LogP contribution in [-0.4, -0.2) is 4.98 Å². The molecule has 14 heavy (non-hydrogen) atoms. The van der Waals surface area contributed by atoms with Crippen LogP contribution in [0.15, 0.2) is 23.5 Å². The van der Waals surface area contributed by atoms with E-state index < -0.39 is 0 Å². The van der Waals surface area contributed by atoms with Gasteiger partial charge in [0.05, 0.1) is 0 Å². The van der Waals surface area contributed by atoms with Crippen molar-refractivity contribution in [3.8, 4) is 0 Å². The van der Waals surface area contributed by atoms with Crippen molar-refractivity contribution in [3.05, 3.63) is 45.2 Å². The van der Waals surface area contributed by atoms with Gasteiger partial charge in [0.2, 0.25) is 0 Å². The van der Waals surface area contributed by atoms with E-state index in [1.54, 1.807) is 12.1 Å². The molecule has 0 atom stereocenters. The van der Waals surface area contributed by atoms with Gasteiger partial charge in [0.15, 0.2) is 5.43 Å². The van der Waals surface area contributed by atoms with Gasteiger partial charge in [-0.2, -0.15) is 0 Å². The number of aryl methyl sites for hydroxylation is 1. The van der Waals surface area contributed by atoms with E-state index in [9.17, 15) is 4.79 Å². The Balaban J connectivity index is 3.71. The maximum absolute atomic E-state index is 11.6. The van der Waals surface area contributed by atoms with E-state index in [0.29, 0.717) is 0 Å². The van der Waals surface area contributed by atoms with Crippen molar-refractivity contribution in [3.63, 3.8) is 0 Å². The van der Waals surface area contributed by atoms with Crippen molar-refractivity contribution in [2.75, 3.05) is 0 Å². The first kappa shape index (κ1) is 10.5. The second kappa shape index (κ2) is 4.61. The molecule has 74 valence electrons. The highest BCUT2D eigenvalue weighted by molar-refractivity contribution is 5.36. The topological polar surface area (TPSA) is 32.9 Å². The van der Waals surface area contributed by atoms with Crippen LogP contribution < -0.4 is 16.0 Å². The van der Waals surface area contributed by atoms with Gasteiger partial charge in [-0.1, -0.05) is 25.7 Å². The van der Waals surface area contributed by atoms with Crippen molar-refractivity contribution in [2.45, 2.75) is 20.3 Å². The molecule has 0 radical (unpaired) electrons. The van der Waals surface area contributed by atoms with Gasteiger partial charge in [-0.25, -0.2) is 0 Å². The average molecular weight is 189 g/mol. The van der Waals surface area contributed by atoms with Crippen molar-refractivity contribution >= 4 is 12.2 Å². The van der Waals surface area contributed by atoms with Gasteiger partial charge in [0.25, 0.3) is 0 Å². The molecule has 1 aromatic heterocycles. The van der Waals surface area contributed by atoms with Crippen molar-refractivity contribution in [2.24, 2.45) is 0 Å². The van der Waals surface area contributed by atoms with E-state index >= 15 is 0 Å². The normalized spacial score (nSPS) is 13.3. The smallest absolute Gasteiger partial charge is 0.189 e. The van der Waals surface area contributed by atoms with Crippen LogP contribution in [0.1, 0.15) is 19.0 Å². The van der Waals surface area contributed by atoms with Crippen LogP contribution in [0.3, 0.4) is 0 Å². The summed E-state index contributed by atoms with van der Waals surface area (Å²) in [5.74, 6) is 0. The Morgan fingerprint density at radius 1 is 1.57 bits per heavy atom. The Labute approximate surface area is 83.3 Å². The van der Waals surface area contributed by atoms with Crippen LogP contribution in [0.2, 0.25) is 0 Å². The molecule has 1 aromatic rings. The summed E-state index contributed by atoms with van der Waals surface area (Å²) in [6.45, 7) is 7.51. The molecule has 2 nitrogen and oxygen atoms in total.